The van der Waals surface area contributed by atoms with Crippen LogP contribution in [-0.4, -0.2) is 38.0 Å². The average Bonchev–Trinajstić information content (AvgIpc) is 2.86. The maximum atomic E-state index is 12.1. The van der Waals surface area contributed by atoms with Crippen LogP contribution in [-0.2, 0) is 11.8 Å². The van der Waals surface area contributed by atoms with Gasteiger partial charge in [0.2, 0.25) is 11.1 Å². The molecule has 8 heteroatoms. The number of hydrogen-bond acceptors (Lipinski definition) is 6. The van der Waals surface area contributed by atoms with Crippen molar-refractivity contribution in [2.75, 3.05) is 11.9 Å². The van der Waals surface area contributed by atoms with Crippen molar-refractivity contribution >= 4 is 23.4 Å². The summed E-state index contributed by atoms with van der Waals surface area (Å²) in [6.07, 6.45) is 0. The number of nitrogens with zero attached hydrogens (tertiary/aromatic N) is 4. The molecule has 2 aromatic rings. The largest absolute Gasteiger partial charge is 0.494 e. The number of tetrazole rings is 1. The van der Waals surface area contributed by atoms with Crippen molar-refractivity contribution in [2.24, 2.45) is 7.05 Å². The zero-order chi connectivity index (χ0) is 15.2. The summed E-state index contributed by atoms with van der Waals surface area (Å²) in [4.78, 5) is 12.1. The van der Waals surface area contributed by atoms with Crippen molar-refractivity contribution in [3.05, 3.63) is 24.3 Å². The van der Waals surface area contributed by atoms with Crippen LogP contribution in [0.4, 0.5) is 5.69 Å². The third-order valence-electron chi connectivity index (χ3n) is 2.67. The molecule has 112 valence electrons. The summed E-state index contributed by atoms with van der Waals surface area (Å²) in [6, 6.07) is 7.27. The zero-order valence-electron chi connectivity index (χ0n) is 12.1. The van der Waals surface area contributed by atoms with Gasteiger partial charge in [0.05, 0.1) is 11.9 Å². The standard InChI is InChI=1S/C13H17N5O2S/c1-4-20-11-7-5-10(6-8-11)14-12(19)9(2)21-13-15-16-17-18(13)3/h5-9H,4H2,1-3H3,(H,14,19)/t9-/m1/s1. The number of anilines is 1. The number of rotatable bonds is 6. The van der Waals surface area contributed by atoms with Gasteiger partial charge in [0.25, 0.3) is 0 Å². The second kappa shape index (κ2) is 7.07. The van der Waals surface area contributed by atoms with E-state index in [0.717, 1.165) is 11.4 Å². The molecule has 0 spiro atoms. The fraction of sp³-hybridized carbons (Fsp3) is 0.385. The molecular formula is C13H17N5O2S. The molecule has 2 rings (SSSR count). The van der Waals surface area contributed by atoms with Gasteiger partial charge in [-0.15, -0.1) is 5.10 Å². The number of carbonyl (C=O) groups is 1. The fourth-order valence-corrected chi connectivity index (χ4v) is 2.33. The molecule has 1 aromatic carbocycles. The average molecular weight is 307 g/mol. The minimum absolute atomic E-state index is 0.104. The molecular weight excluding hydrogens is 290 g/mol. The van der Waals surface area contributed by atoms with Crippen LogP contribution in [0, 0.1) is 0 Å². The quantitative estimate of drug-likeness (QED) is 0.818. The Labute approximate surface area is 127 Å². The molecule has 1 aromatic heterocycles. The molecule has 0 aliphatic heterocycles. The van der Waals surface area contributed by atoms with E-state index in [9.17, 15) is 4.79 Å². The normalized spacial score (nSPS) is 12.0. The van der Waals surface area contributed by atoms with E-state index in [1.165, 1.54) is 16.4 Å². The van der Waals surface area contributed by atoms with Gasteiger partial charge in [0.15, 0.2) is 0 Å². The van der Waals surface area contributed by atoms with Crippen LogP contribution in [0.1, 0.15) is 13.8 Å². The number of carbonyl (C=O) groups excluding carboxylic acids is 1. The van der Waals surface area contributed by atoms with E-state index in [2.05, 4.69) is 20.8 Å². The van der Waals surface area contributed by atoms with E-state index in [1.807, 2.05) is 38.1 Å². The molecule has 0 radical (unpaired) electrons. The molecule has 0 fully saturated rings. The second-order valence-electron chi connectivity index (χ2n) is 4.29. The summed E-state index contributed by atoms with van der Waals surface area (Å²) in [7, 11) is 1.74. The Morgan fingerprint density at radius 1 is 1.43 bits per heavy atom. The van der Waals surface area contributed by atoms with E-state index < -0.39 is 0 Å². The predicted octanol–water partition coefficient (Wildman–Crippen LogP) is 1.73. The Hall–Kier alpha value is -2.09. The van der Waals surface area contributed by atoms with Crippen molar-refractivity contribution < 1.29 is 9.53 Å². The maximum Gasteiger partial charge on any atom is 0.237 e. The second-order valence-corrected chi connectivity index (χ2v) is 5.60. The molecule has 21 heavy (non-hydrogen) atoms. The summed E-state index contributed by atoms with van der Waals surface area (Å²) in [5, 5.41) is 14.3. The van der Waals surface area contributed by atoms with Crippen LogP contribution >= 0.6 is 11.8 Å². The van der Waals surface area contributed by atoms with Gasteiger partial charge in [0.1, 0.15) is 5.75 Å². The number of amides is 1. The lowest BCUT2D eigenvalue weighted by Gasteiger charge is -2.11. The topological polar surface area (TPSA) is 81.9 Å². The van der Waals surface area contributed by atoms with Crippen molar-refractivity contribution in [2.45, 2.75) is 24.3 Å². The van der Waals surface area contributed by atoms with E-state index in [1.54, 1.807) is 7.05 Å². The Morgan fingerprint density at radius 2 is 2.14 bits per heavy atom. The van der Waals surface area contributed by atoms with Crippen LogP contribution in [0.3, 0.4) is 0 Å². The van der Waals surface area contributed by atoms with Gasteiger partial charge in [-0.2, -0.15) is 0 Å². The highest BCUT2D eigenvalue weighted by atomic mass is 32.2. The molecule has 1 amide bonds. The highest BCUT2D eigenvalue weighted by Crippen LogP contribution is 2.21. The first kappa shape index (κ1) is 15.3. The summed E-state index contributed by atoms with van der Waals surface area (Å²) in [5.41, 5.74) is 0.729. The van der Waals surface area contributed by atoms with Crippen LogP contribution in [0.15, 0.2) is 29.4 Å². The van der Waals surface area contributed by atoms with Crippen LogP contribution in [0.2, 0.25) is 0 Å². The SMILES string of the molecule is CCOc1ccc(NC(=O)[C@@H](C)Sc2nnnn2C)cc1. The minimum Gasteiger partial charge on any atom is -0.494 e. The summed E-state index contributed by atoms with van der Waals surface area (Å²) < 4.78 is 6.89. The molecule has 0 saturated carbocycles. The van der Waals surface area contributed by atoms with Crippen molar-refractivity contribution in [1.82, 2.24) is 20.2 Å². The van der Waals surface area contributed by atoms with Gasteiger partial charge in [-0.1, -0.05) is 11.8 Å². The predicted molar refractivity (Wildman–Crippen MR) is 80.4 cm³/mol. The van der Waals surface area contributed by atoms with Crippen molar-refractivity contribution in [3.8, 4) is 5.75 Å². The number of thioether (sulfide) groups is 1. The first-order valence-electron chi connectivity index (χ1n) is 6.53. The van der Waals surface area contributed by atoms with Gasteiger partial charge >= 0.3 is 0 Å². The zero-order valence-corrected chi connectivity index (χ0v) is 12.9. The molecule has 1 heterocycles. The highest BCUT2D eigenvalue weighted by Gasteiger charge is 2.17. The molecule has 1 atom stereocenters. The number of aryl methyl sites for hydroxylation is 1. The Bertz CT molecular complexity index is 599. The molecule has 0 unspecified atom stereocenters. The molecule has 0 aliphatic carbocycles. The maximum absolute atomic E-state index is 12.1. The van der Waals surface area contributed by atoms with Gasteiger partial charge in [-0.25, -0.2) is 4.68 Å². The van der Waals surface area contributed by atoms with Crippen LogP contribution in [0.25, 0.3) is 0 Å². The highest BCUT2D eigenvalue weighted by molar-refractivity contribution is 8.00. The monoisotopic (exact) mass is 307 g/mol. The Kier molecular flexibility index (Phi) is 5.15. The molecule has 0 saturated heterocycles. The summed E-state index contributed by atoms with van der Waals surface area (Å²) >= 11 is 1.31. The molecule has 7 nitrogen and oxygen atoms in total. The lowest BCUT2D eigenvalue weighted by Crippen LogP contribution is -2.22. The van der Waals surface area contributed by atoms with Gasteiger partial charge in [-0.3, -0.25) is 4.79 Å². The number of aromatic nitrogens is 4. The van der Waals surface area contributed by atoms with Crippen molar-refractivity contribution in [1.29, 1.82) is 0 Å². The van der Waals surface area contributed by atoms with Gasteiger partial charge in [-0.05, 0) is 48.5 Å². The van der Waals surface area contributed by atoms with Crippen molar-refractivity contribution in [3.63, 3.8) is 0 Å². The van der Waals surface area contributed by atoms with E-state index in [-0.39, 0.29) is 11.2 Å². The third kappa shape index (κ3) is 4.19. The van der Waals surface area contributed by atoms with Gasteiger partial charge < -0.3 is 10.1 Å². The van der Waals surface area contributed by atoms with Gasteiger partial charge in [0, 0.05) is 12.7 Å². The van der Waals surface area contributed by atoms with E-state index >= 15 is 0 Å². The summed E-state index contributed by atoms with van der Waals surface area (Å²) in [5.74, 6) is 0.676. The molecule has 0 bridgehead atoms. The molecule has 1 N–H and O–H groups in total. The third-order valence-corrected chi connectivity index (χ3v) is 3.79. The number of ether oxygens (including phenoxy) is 1. The Balaban J connectivity index is 1.92. The number of hydrogen-bond donors (Lipinski definition) is 1. The lowest BCUT2D eigenvalue weighted by atomic mass is 10.3. The first-order chi connectivity index (χ1) is 10.1. The van der Waals surface area contributed by atoms with E-state index in [0.29, 0.717) is 11.8 Å². The number of nitrogens with one attached hydrogen (secondary N) is 1. The smallest absolute Gasteiger partial charge is 0.237 e. The van der Waals surface area contributed by atoms with Crippen LogP contribution in [0.5, 0.6) is 5.75 Å². The van der Waals surface area contributed by atoms with Crippen LogP contribution < -0.4 is 10.1 Å². The fourth-order valence-electron chi connectivity index (χ4n) is 1.58. The summed E-state index contributed by atoms with van der Waals surface area (Å²) in [6.45, 7) is 4.35. The number of benzene rings is 1. The van der Waals surface area contributed by atoms with E-state index in [4.69, 9.17) is 4.74 Å². The molecule has 0 aliphatic rings. The Morgan fingerprint density at radius 3 is 2.71 bits per heavy atom. The first-order valence-corrected chi connectivity index (χ1v) is 7.41. The lowest BCUT2D eigenvalue weighted by molar-refractivity contribution is -0.115. The minimum atomic E-state index is -0.304.